The van der Waals surface area contributed by atoms with Crippen molar-refractivity contribution in [3.8, 4) is 0 Å². The summed E-state index contributed by atoms with van der Waals surface area (Å²) in [5, 5.41) is 3.21. The van der Waals surface area contributed by atoms with Gasteiger partial charge >= 0.3 is 5.97 Å². The summed E-state index contributed by atoms with van der Waals surface area (Å²) >= 11 is 5.74. The van der Waals surface area contributed by atoms with Gasteiger partial charge in [0.2, 0.25) is 5.91 Å². The van der Waals surface area contributed by atoms with Gasteiger partial charge in [0.1, 0.15) is 12.6 Å². The molecule has 0 spiro atoms. The van der Waals surface area contributed by atoms with Crippen molar-refractivity contribution in [3.05, 3.63) is 34.9 Å². The first kappa shape index (κ1) is 11.9. The fourth-order valence-corrected chi connectivity index (χ4v) is 1.75. The Labute approximate surface area is 104 Å². The van der Waals surface area contributed by atoms with Gasteiger partial charge in [-0.3, -0.25) is 4.79 Å². The average molecular weight is 254 g/mol. The van der Waals surface area contributed by atoms with Crippen molar-refractivity contribution in [2.75, 3.05) is 0 Å². The zero-order valence-electron chi connectivity index (χ0n) is 9.11. The van der Waals surface area contributed by atoms with Crippen LogP contribution in [0, 0.1) is 0 Å². The molecule has 90 valence electrons. The molecule has 1 fully saturated rings. The highest BCUT2D eigenvalue weighted by Crippen LogP contribution is 2.12. The van der Waals surface area contributed by atoms with E-state index in [0.717, 1.165) is 5.56 Å². The van der Waals surface area contributed by atoms with E-state index >= 15 is 0 Å². The molecular weight excluding hydrogens is 242 g/mol. The van der Waals surface area contributed by atoms with Crippen LogP contribution < -0.4 is 5.32 Å². The van der Waals surface area contributed by atoms with Gasteiger partial charge < -0.3 is 10.1 Å². The Morgan fingerprint density at radius 3 is 2.71 bits per heavy atom. The Balaban J connectivity index is 1.84. The van der Waals surface area contributed by atoms with E-state index in [2.05, 4.69) is 5.32 Å². The summed E-state index contributed by atoms with van der Waals surface area (Å²) < 4.78 is 5.10. The maximum atomic E-state index is 11.6. The molecular formula is C12H12ClNO3. The van der Waals surface area contributed by atoms with Gasteiger partial charge in [-0.05, 0) is 24.1 Å². The standard InChI is InChI=1S/C12H12ClNO3/c13-9-3-1-8(2-4-9)7-17-12(16)10-5-6-11(15)14-10/h1-4,10H,5-7H2,(H,14,15)/t10-/m1/s1. The van der Waals surface area contributed by atoms with E-state index in [1.807, 2.05) is 0 Å². The second-order valence-electron chi connectivity index (χ2n) is 3.89. The molecule has 0 bridgehead atoms. The molecule has 0 unspecified atom stereocenters. The zero-order chi connectivity index (χ0) is 12.3. The molecule has 0 saturated carbocycles. The van der Waals surface area contributed by atoms with Crippen LogP contribution in [-0.2, 0) is 20.9 Å². The molecule has 5 heteroatoms. The number of halogens is 1. The van der Waals surface area contributed by atoms with E-state index in [4.69, 9.17) is 16.3 Å². The highest BCUT2D eigenvalue weighted by Gasteiger charge is 2.28. The van der Waals surface area contributed by atoms with Crippen LogP contribution in [0.4, 0.5) is 0 Å². The van der Waals surface area contributed by atoms with Crippen LogP contribution in [0.25, 0.3) is 0 Å². The third-order valence-corrected chi connectivity index (χ3v) is 2.83. The minimum atomic E-state index is -0.491. The predicted octanol–water partition coefficient (Wildman–Crippen LogP) is 1.66. The molecule has 2 rings (SSSR count). The summed E-state index contributed by atoms with van der Waals surface area (Å²) in [5.41, 5.74) is 0.868. The third kappa shape index (κ3) is 3.20. The van der Waals surface area contributed by atoms with Gasteiger partial charge in [0, 0.05) is 11.4 Å². The van der Waals surface area contributed by atoms with E-state index in [0.29, 0.717) is 17.9 Å². The molecule has 1 aromatic rings. The lowest BCUT2D eigenvalue weighted by Crippen LogP contribution is -2.34. The summed E-state index contributed by atoms with van der Waals surface area (Å²) in [5.74, 6) is -0.482. The van der Waals surface area contributed by atoms with E-state index < -0.39 is 6.04 Å². The molecule has 17 heavy (non-hydrogen) atoms. The molecule has 1 heterocycles. The Hall–Kier alpha value is -1.55. The van der Waals surface area contributed by atoms with Gasteiger partial charge in [0.15, 0.2) is 0 Å². The van der Waals surface area contributed by atoms with Crippen LogP contribution in [0.1, 0.15) is 18.4 Å². The van der Waals surface area contributed by atoms with Crippen LogP contribution >= 0.6 is 11.6 Å². The first-order valence-corrected chi connectivity index (χ1v) is 5.73. The van der Waals surface area contributed by atoms with E-state index in [9.17, 15) is 9.59 Å². The number of rotatable bonds is 3. The number of carbonyl (C=O) groups excluding carboxylic acids is 2. The molecule has 0 aromatic heterocycles. The van der Waals surface area contributed by atoms with Crippen molar-refractivity contribution in [2.45, 2.75) is 25.5 Å². The average Bonchev–Trinajstić information content (AvgIpc) is 2.75. The third-order valence-electron chi connectivity index (χ3n) is 2.57. The van der Waals surface area contributed by atoms with E-state index in [1.54, 1.807) is 24.3 Å². The van der Waals surface area contributed by atoms with Crippen LogP contribution in [0.15, 0.2) is 24.3 Å². The summed E-state index contributed by atoms with van der Waals surface area (Å²) in [6.07, 6.45) is 0.902. The number of nitrogens with one attached hydrogen (secondary N) is 1. The highest BCUT2D eigenvalue weighted by molar-refractivity contribution is 6.30. The minimum absolute atomic E-state index is 0.0987. The summed E-state index contributed by atoms with van der Waals surface area (Å²) in [7, 11) is 0. The van der Waals surface area contributed by atoms with Crippen LogP contribution in [0.2, 0.25) is 5.02 Å². The lowest BCUT2D eigenvalue weighted by atomic mass is 10.2. The molecule has 1 aliphatic rings. The molecule has 1 aromatic carbocycles. The van der Waals surface area contributed by atoms with Crippen LogP contribution in [-0.4, -0.2) is 17.9 Å². The maximum Gasteiger partial charge on any atom is 0.328 e. The first-order chi connectivity index (χ1) is 8.15. The van der Waals surface area contributed by atoms with Crippen molar-refractivity contribution in [3.63, 3.8) is 0 Å². The molecule has 4 nitrogen and oxygen atoms in total. The quantitative estimate of drug-likeness (QED) is 0.834. The monoisotopic (exact) mass is 253 g/mol. The van der Waals surface area contributed by atoms with E-state index in [-0.39, 0.29) is 18.5 Å². The molecule has 1 N–H and O–H groups in total. The van der Waals surface area contributed by atoms with Crippen molar-refractivity contribution >= 4 is 23.5 Å². The topological polar surface area (TPSA) is 55.4 Å². The first-order valence-electron chi connectivity index (χ1n) is 5.35. The van der Waals surface area contributed by atoms with Gasteiger partial charge in [-0.2, -0.15) is 0 Å². The number of ether oxygens (including phenoxy) is 1. The minimum Gasteiger partial charge on any atom is -0.459 e. The summed E-state index contributed by atoms with van der Waals surface area (Å²) in [6, 6.07) is 6.57. The summed E-state index contributed by atoms with van der Waals surface area (Å²) in [6.45, 7) is 0.197. The number of carbonyl (C=O) groups is 2. The number of hydrogen-bond donors (Lipinski definition) is 1. The maximum absolute atomic E-state index is 11.6. The lowest BCUT2D eigenvalue weighted by Gasteiger charge is -2.10. The van der Waals surface area contributed by atoms with Gasteiger partial charge in [0.05, 0.1) is 0 Å². The number of esters is 1. The van der Waals surface area contributed by atoms with Crippen LogP contribution in [0.5, 0.6) is 0 Å². The number of amides is 1. The number of hydrogen-bond acceptors (Lipinski definition) is 3. The van der Waals surface area contributed by atoms with Gasteiger partial charge in [-0.1, -0.05) is 23.7 Å². The molecule has 1 aliphatic heterocycles. The fourth-order valence-electron chi connectivity index (χ4n) is 1.63. The molecule has 0 aliphatic carbocycles. The Morgan fingerprint density at radius 2 is 2.12 bits per heavy atom. The van der Waals surface area contributed by atoms with Gasteiger partial charge in [0.25, 0.3) is 0 Å². The molecule has 1 atom stereocenters. The fraction of sp³-hybridized carbons (Fsp3) is 0.333. The smallest absolute Gasteiger partial charge is 0.328 e. The van der Waals surface area contributed by atoms with E-state index in [1.165, 1.54) is 0 Å². The Kier molecular flexibility index (Phi) is 3.64. The predicted molar refractivity (Wildman–Crippen MR) is 62.4 cm³/mol. The second kappa shape index (κ2) is 5.19. The molecule has 0 radical (unpaired) electrons. The van der Waals surface area contributed by atoms with Crippen molar-refractivity contribution < 1.29 is 14.3 Å². The Morgan fingerprint density at radius 1 is 1.41 bits per heavy atom. The lowest BCUT2D eigenvalue weighted by molar-refractivity contribution is -0.147. The van der Waals surface area contributed by atoms with Crippen molar-refractivity contribution in [1.82, 2.24) is 5.32 Å². The van der Waals surface area contributed by atoms with Gasteiger partial charge in [-0.15, -0.1) is 0 Å². The number of benzene rings is 1. The normalized spacial score (nSPS) is 18.9. The van der Waals surface area contributed by atoms with Crippen molar-refractivity contribution in [1.29, 1.82) is 0 Å². The Bertz CT molecular complexity index is 430. The largest absolute Gasteiger partial charge is 0.459 e. The molecule has 1 amide bonds. The zero-order valence-corrected chi connectivity index (χ0v) is 9.87. The molecule has 1 saturated heterocycles. The summed E-state index contributed by atoms with van der Waals surface area (Å²) in [4.78, 5) is 22.5. The second-order valence-corrected chi connectivity index (χ2v) is 4.33. The van der Waals surface area contributed by atoms with Gasteiger partial charge in [-0.25, -0.2) is 4.79 Å². The van der Waals surface area contributed by atoms with Crippen LogP contribution in [0.3, 0.4) is 0 Å². The highest BCUT2D eigenvalue weighted by atomic mass is 35.5. The SMILES string of the molecule is O=C1CC[C@H](C(=O)OCc2ccc(Cl)cc2)N1. The van der Waals surface area contributed by atoms with Crippen molar-refractivity contribution in [2.24, 2.45) is 0 Å².